The van der Waals surface area contributed by atoms with Crippen LogP contribution in [0.1, 0.15) is 35.6 Å². The van der Waals surface area contributed by atoms with Gasteiger partial charge in [-0.15, -0.1) is 0 Å². The smallest absolute Gasteiger partial charge is 0.345 e. The van der Waals surface area contributed by atoms with E-state index in [0.29, 0.717) is 11.1 Å². The molecule has 0 aliphatic carbocycles. The number of esters is 1. The third kappa shape index (κ3) is 3.68. The Hall–Kier alpha value is -2.96. The quantitative estimate of drug-likeness (QED) is 0.851. The molecule has 0 fully saturated rings. The minimum absolute atomic E-state index is 0.121. The molecule has 2 aromatic rings. The largest absolute Gasteiger partial charge is 0.494 e. The number of nitrogens with one attached hydrogen (secondary N) is 1. The molecule has 0 unspecified atom stereocenters. The van der Waals surface area contributed by atoms with Crippen LogP contribution in [0.5, 0.6) is 5.75 Å². The number of ether oxygens (including phenoxy) is 2. The Balaban J connectivity index is 2.37. The summed E-state index contributed by atoms with van der Waals surface area (Å²) in [5, 5.41) is 0. The lowest BCUT2D eigenvalue weighted by Crippen LogP contribution is -2.21. The number of carbonyl (C=O) groups is 1. The van der Waals surface area contributed by atoms with Crippen molar-refractivity contribution in [3.05, 3.63) is 57.5 Å². The molecule has 1 N–H and O–H groups in total. The summed E-state index contributed by atoms with van der Waals surface area (Å²) in [6.07, 6.45) is 2.67. The molecule has 7 heteroatoms. The topological polar surface area (TPSA) is 81.3 Å². The molecule has 0 aliphatic rings. The van der Waals surface area contributed by atoms with Crippen molar-refractivity contribution in [2.75, 3.05) is 13.7 Å². The molecule has 0 radical (unpaired) electrons. The van der Waals surface area contributed by atoms with Gasteiger partial charge in [-0.1, -0.05) is 12.1 Å². The first-order valence-electron chi connectivity index (χ1n) is 7.25. The maximum absolute atomic E-state index is 14.2. The van der Waals surface area contributed by atoms with Gasteiger partial charge in [0.25, 0.3) is 5.56 Å². The van der Waals surface area contributed by atoms with E-state index in [0.717, 1.165) is 6.20 Å². The van der Waals surface area contributed by atoms with Crippen molar-refractivity contribution in [1.29, 1.82) is 0 Å². The second-order valence-electron chi connectivity index (χ2n) is 4.89. The van der Waals surface area contributed by atoms with Crippen molar-refractivity contribution in [2.24, 2.45) is 0 Å². The summed E-state index contributed by atoms with van der Waals surface area (Å²) in [5.74, 6) is -0.894. The number of rotatable bonds is 5. The Morgan fingerprint density at radius 2 is 2.17 bits per heavy atom. The van der Waals surface area contributed by atoms with Gasteiger partial charge in [0.15, 0.2) is 11.6 Å². The molecular weight excluding hydrogens is 315 g/mol. The number of halogens is 1. The van der Waals surface area contributed by atoms with E-state index < -0.39 is 17.3 Å². The Morgan fingerprint density at radius 3 is 2.79 bits per heavy atom. The molecule has 126 valence electrons. The van der Waals surface area contributed by atoms with Crippen molar-refractivity contribution >= 4 is 17.6 Å². The van der Waals surface area contributed by atoms with Crippen molar-refractivity contribution in [3.63, 3.8) is 0 Å². The number of carbonyl (C=O) groups excluding carboxylic acids is 1. The SMILES string of the molecule is CCOC(=O)c1cnc(/C(C)=C/c2cccc(OC)c2F)[nH]c1=O. The highest BCUT2D eigenvalue weighted by atomic mass is 19.1. The highest BCUT2D eigenvalue weighted by Gasteiger charge is 2.14. The third-order valence-electron chi connectivity index (χ3n) is 3.25. The molecule has 0 saturated heterocycles. The van der Waals surface area contributed by atoms with Crippen LogP contribution in [-0.4, -0.2) is 29.7 Å². The normalized spacial score (nSPS) is 11.2. The minimum atomic E-state index is -0.738. The average molecular weight is 332 g/mol. The van der Waals surface area contributed by atoms with Crippen LogP contribution < -0.4 is 10.3 Å². The number of aromatic nitrogens is 2. The maximum atomic E-state index is 14.2. The van der Waals surface area contributed by atoms with Crippen LogP contribution >= 0.6 is 0 Å². The van der Waals surface area contributed by atoms with E-state index >= 15 is 0 Å². The lowest BCUT2D eigenvalue weighted by atomic mass is 10.1. The van der Waals surface area contributed by atoms with Crippen LogP contribution in [0.2, 0.25) is 0 Å². The Bertz CT molecular complexity index is 843. The monoisotopic (exact) mass is 332 g/mol. The molecule has 0 saturated carbocycles. The fourth-order valence-electron chi connectivity index (χ4n) is 2.05. The van der Waals surface area contributed by atoms with Gasteiger partial charge in [0.05, 0.1) is 13.7 Å². The van der Waals surface area contributed by atoms with Crippen molar-refractivity contribution < 1.29 is 18.7 Å². The van der Waals surface area contributed by atoms with E-state index in [1.807, 2.05) is 0 Å². The number of benzene rings is 1. The van der Waals surface area contributed by atoms with Crippen molar-refractivity contribution in [2.45, 2.75) is 13.8 Å². The van der Waals surface area contributed by atoms with Gasteiger partial charge < -0.3 is 14.5 Å². The summed E-state index contributed by atoms with van der Waals surface area (Å²) in [6, 6.07) is 4.74. The van der Waals surface area contributed by atoms with Crippen molar-refractivity contribution in [1.82, 2.24) is 9.97 Å². The Morgan fingerprint density at radius 1 is 1.42 bits per heavy atom. The number of hydrogen-bond donors (Lipinski definition) is 1. The summed E-state index contributed by atoms with van der Waals surface area (Å²) in [7, 11) is 1.38. The van der Waals surface area contributed by atoms with Gasteiger partial charge in [0.1, 0.15) is 11.4 Å². The van der Waals surface area contributed by atoms with E-state index in [4.69, 9.17) is 9.47 Å². The number of nitrogens with zero attached hydrogens (tertiary/aromatic N) is 1. The van der Waals surface area contributed by atoms with Gasteiger partial charge in [-0.3, -0.25) is 4.79 Å². The van der Waals surface area contributed by atoms with E-state index in [1.165, 1.54) is 19.3 Å². The predicted octanol–water partition coefficient (Wildman–Crippen LogP) is 2.65. The number of allylic oxidation sites excluding steroid dienone is 1. The molecule has 0 amide bonds. The molecule has 1 heterocycles. The summed E-state index contributed by atoms with van der Waals surface area (Å²) >= 11 is 0. The Labute approximate surface area is 138 Å². The predicted molar refractivity (Wildman–Crippen MR) is 87.3 cm³/mol. The lowest BCUT2D eigenvalue weighted by molar-refractivity contribution is 0.0523. The number of hydrogen-bond acceptors (Lipinski definition) is 5. The standard InChI is InChI=1S/C17H17FN2O4/c1-4-24-17(22)12-9-19-15(20-16(12)21)10(2)8-11-6-5-7-13(23-3)14(11)18/h5-9H,4H2,1-3H3,(H,19,20,21)/b10-8+. The van der Waals surface area contributed by atoms with Crippen LogP contribution in [0.25, 0.3) is 11.6 Å². The van der Waals surface area contributed by atoms with Gasteiger partial charge in [-0.25, -0.2) is 14.2 Å². The van der Waals surface area contributed by atoms with E-state index in [9.17, 15) is 14.0 Å². The molecular formula is C17H17FN2O4. The van der Waals surface area contributed by atoms with Gasteiger partial charge in [-0.2, -0.15) is 0 Å². The number of H-pyrrole nitrogens is 1. The summed E-state index contributed by atoms with van der Waals surface area (Å²) < 4.78 is 23.9. The van der Waals surface area contributed by atoms with E-state index in [-0.39, 0.29) is 23.7 Å². The van der Waals surface area contributed by atoms with Crippen LogP contribution in [-0.2, 0) is 4.74 Å². The zero-order valence-electron chi connectivity index (χ0n) is 13.6. The second-order valence-corrected chi connectivity index (χ2v) is 4.89. The zero-order chi connectivity index (χ0) is 17.7. The minimum Gasteiger partial charge on any atom is -0.494 e. The first-order chi connectivity index (χ1) is 11.5. The second kappa shape index (κ2) is 7.54. The summed E-state index contributed by atoms with van der Waals surface area (Å²) in [4.78, 5) is 30.1. The van der Waals surface area contributed by atoms with Crippen LogP contribution in [0.4, 0.5) is 4.39 Å². The third-order valence-corrected chi connectivity index (χ3v) is 3.25. The highest BCUT2D eigenvalue weighted by Crippen LogP contribution is 2.23. The first-order valence-corrected chi connectivity index (χ1v) is 7.25. The average Bonchev–Trinajstić information content (AvgIpc) is 2.56. The maximum Gasteiger partial charge on any atom is 0.345 e. The summed E-state index contributed by atoms with van der Waals surface area (Å²) in [6.45, 7) is 3.47. The van der Waals surface area contributed by atoms with Crippen LogP contribution in [0.3, 0.4) is 0 Å². The number of aromatic amines is 1. The molecule has 1 aromatic carbocycles. The van der Waals surface area contributed by atoms with Gasteiger partial charge >= 0.3 is 5.97 Å². The zero-order valence-corrected chi connectivity index (χ0v) is 13.6. The fraction of sp³-hybridized carbons (Fsp3) is 0.235. The molecule has 24 heavy (non-hydrogen) atoms. The van der Waals surface area contributed by atoms with Gasteiger partial charge in [-0.05, 0) is 31.6 Å². The molecule has 1 aromatic heterocycles. The summed E-state index contributed by atoms with van der Waals surface area (Å²) in [5.41, 5.74) is 0.0249. The van der Waals surface area contributed by atoms with Gasteiger partial charge in [0.2, 0.25) is 0 Å². The Kier molecular flexibility index (Phi) is 5.47. The molecule has 6 nitrogen and oxygen atoms in total. The molecule has 0 spiro atoms. The highest BCUT2D eigenvalue weighted by molar-refractivity contribution is 5.88. The molecule has 2 rings (SSSR count). The molecule has 0 atom stereocenters. The van der Waals surface area contributed by atoms with E-state index in [2.05, 4.69) is 9.97 Å². The fourth-order valence-corrected chi connectivity index (χ4v) is 2.05. The van der Waals surface area contributed by atoms with Crippen LogP contribution in [0, 0.1) is 5.82 Å². The number of methoxy groups -OCH3 is 1. The molecule has 0 bridgehead atoms. The molecule has 0 aliphatic heterocycles. The first kappa shape index (κ1) is 17.4. The van der Waals surface area contributed by atoms with Crippen molar-refractivity contribution in [3.8, 4) is 5.75 Å². The van der Waals surface area contributed by atoms with E-state index in [1.54, 1.807) is 26.0 Å². The lowest BCUT2D eigenvalue weighted by Gasteiger charge is -2.06. The van der Waals surface area contributed by atoms with Crippen LogP contribution in [0.15, 0.2) is 29.2 Å². The van der Waals surface area contributed by atoms with Gasteiger partial charge in [0, 0.05) is 11.8 Å².